The molecule has 0 atom stereocenters. The lowest BCUT2D eigenvalue weighted by Gasteiger charge is -2.14. The number of hydrazone groups is 1. The average Bonchev–Trinajstić information content (AvgIpc) is 2.96. The fraction of sp³-hybridized carbons (Fsp3) is 0.312. The number of hydrogen-bond donors (Lipinski definition) is 2. The molecule has 5 nitrogen and oxygen atoms in total. The fourth-order valence-electron chi connectivity index (χ4n) is 1.80. The van der Waals surface area contributed by atoms with E-state index in [0.29, 0.717) is 5.56 Å². The molecule has 0 radical (unpaired) electrons. The molecule has 0 saturated carbocycles. The molecule has 0 saturated heterocycles. The number of rotatable bonds is 3. The van der Waals surface area contributed by atoms with Crippen LogP contribution in [0.15, 0.2) is 35.4 Å². The van der Waals surface area contributed by atoms with Crippen molar-refractivity contribution in [2.45, 2.75) is 32.4 Å². The Morgan fingerprint density at radius 2 is 1.83 bits per heavy atom. The molecule has 0 spiro atoms. The van der Waals surface area contributed by atoms with Crippen LogP contribution in [-0.4, -0.2) is 22.3 Å². The largest absolute Gasteiger partial charge is 0.416 e. The number of carbonyl (C=O) groups excluding carboxylic acids is 1. The van der Waals surface area contributed by atoms with Crippen molar-refractivity contribution in [1.82, 2.24) is 15.6 Å². The summed E-state index contributed by atoms with van der Waals surface area (Å²) in [6, 6.07) is 6.07. The lowest BCUT2D eigenvalue weighted by Crippen LogP contribution is -2.18. The molecule has 24 heavy (non-hydrogen) atoms. The maximum Gasteiger partial charge on any atom is 0.416 e. The standard InChI is InChI=1S/C16H17F3N4O/c1-15(2,3)13-8-12(21-22-13)14(24)23-20-9-10-4-6-11(7-5-10)16(17,18)19/h4-9H,1-3H3,(H,21,22)(H,23,24)/b20-9+. The predicted molar refractivity (Wildman–Crippen MR) is 83.8 cm³/mol. The van der Waals surface area contributed by atoms with Crippen molar-refractivity contribution >= 4 is 12.1 Å². The quantitative estimate of drug-likeness (QED) is 0.664. The van der Waals surface area contributed by atoms with Gasteiger partial charge in [-0.2, -0.15) is 23.4 Å². The summed E-state index contributed by atoms with van der Waals surface area (Å²) in [4.78, 5) is 11.9. The van der Waals surface area contributed by atoms with E-state index in [0.717, 1.165) is 17.8 Å². The molecule has 1 amide bonds. The molecule has 2 rings (SSSR count). The first kappa shape index (κ1) is 17.7. The molecular weight excluding hydrogens is 321 g/mol. The minimum atomic E-state index is -4.38. The third-order valence-electron chi connectivity index (χ3n) is 3.24. The summed E-state index contributed by atoms with van der Waals surface area (Å²) in [5.74, 6) is -0.509. The topological polar surface area (TPSA) is 70.1 Å². The Morgan fingerprint density at radius 3 is 2.33 bits per heavy atom. The molecule has 128 valence electrons. The van der Waals surface area contributed by atoms with Gasteiger partial charge in [-0.25, -0.2) is 5.43 Å². The van der Waals surface area contributed by atoms with Gasteiger partial charge in [-0.15, -0.1) is 0 Å². The van der Waals surface area contributed by atoms with E-state index in [2.05, 4.69) is 20.7 Å². The highest BCUT2D eigenvalue weighted by atomic mass is 19.4. The maximum absolute atomic E-state index is 12.5. The third-order valence-corrected chi connectivity index (χ3v) is 3.24. The van der Waals surface area contributed by atoms with Gasteiger partial charge in [0.25, 0.3) is 5.91 Å². The molecule has 0 aliphatic rings. The number of aromatic nitrogens is 2. The van der Waals surface area contributed by atoms with Gasteiger partial charge in [-0.1, -0.05) is 32.9 Å². The summed E-state index contributed by atoms with van der Waals surface area (Å²) >= 11 is 0. The number of carbonyl (C=O) groups is 1. The number of benzene rings is 1. The van der Waals surface area contributed by atoms with Crippen LogP contribution in [0, 0.1) is 0 Å². The van der Waals surface area contributed by atoms with Crippen LogP contribution < -0.4 is 5.43 Å². The first-order chi connectivity index (χ1) is 11.1. The zero-order chi connectivity index (χ0) is 18.0. The molecule has 1 heterocycles. The zero-order valence-electron chi connectivity index (χ0n) is 13.4. The van der Waals surface area contributed by atoms with Crippen LogP contribution in [-0.2, 0) is 11.6 Å². The SMILES string of the molecule is CC(C)(C)c1cc(C(=O)N/N=C/c2ccc(C(F)(F)F)cc2)n[nH]1. The van der Waals surface area contributed by atoms with Crippen LogP contribution in [0.25, 0.3) is 0 Å². The lowest BCUT2D eigenvalue weighted by molar-refractivity contribution is -0.137. The van der Waals surface area contributed by atoms with E-state index >= 15 is 0 Å². The molecule has 1 aromatic carbocycles. The molecule has 0 bridgehead atoms. The Hall–Kier alpha value is -2.64. The summed E-state index contributed by atoms with van der Waals surface area (Å²) in [5, 5.41) is 10.4. The Labute approximate surface area is 137 Å². The number of aromatic amines is 1. The number of amides is 1. The van der Waals surface area contributed by atoms with Crippen molar-refractivity contribution in [1.29, 1.82) is 0 Å². The Balaban J connectivity index is 1.98. The highest BCUT2D eigenvalue weighted by Crippen LogP contribution is 2.28. The molecular formula is C16H17F3N4O. The van der Waals surface area contributed by atoms with Gasteiger partial charge < -0.3 is 0 Å². The Kier molecular flexibility index (Phi) is 4.77. The van der Waals surface area contributed by atoms with Gasteiger partial charge >= 0.3 is 6.18 Å². The smallest absolute Gasteiger partial charge is 0.281 e. The van der Waals surface area contributed by atoms with Gasteiger partial charge in [0.1, 0.15) is 0 Å². The van der Waals surface area contributed by atoms with E-state index < -0.39 is 17.6 Å². The van der Waals surface area contributed by atoms with Gasteiger partial charge in [0.15, 0.2) is 5.69 Å². The predicted octanol–water partition coefficient (Wildman–Crippen LogP) is 3.49. The van der Waals surface area contributed by atoms with Crippen molar-refractivity contribution < 1.29 is 18.0 Å². The van der Waals surface area contributed by atoms with Gasteiger partial charge in [0.2, 0.25) is 0 Å². The zero-order valence-corrected chi connectivity index (χ0v) is 13.4. The van der Waals surface area contributed by atoms with Crippen molar-refractivity contribution in [3.05, 3.63) is 52.8 Å². The van der Waals surface area contributed by atoms with Crippen molar-refractivity contribution in [3.63, 3.8) is 0 Å². The first-order valence-electron chi connectivity index (χ1n) is 7.14. The number of alkyl halides is 3. The summed E-state index contributed by atoms with van der Waals surface area (Å²) in [6.07, 6.45) is -3.12. The summed E-state index contributed by atoms with van der Waals surface area (Å²) in [6.45, 7) is 5.93. The van der Waals surface area contributed by atoms with Crippen LogP contribution in [0.1, 0.15) is 48.1 Å². The average molecular weight is 338 g/mol. The van der Waals surface area contributed by atoms with E-state index in [1.807, 2.05) is 20.8 Å². The van der Waals surface area contributed by atoms with Crippen molar-refractivity contribution in [2.24, 2.45) is 5.10 Å². The minimum Gasteiger partial charge on any atom is -0.281 e. The number of hydrogen-bond acceptors (Lipinski definition) is 3. The number of nitrogens with zero attached hydrogens (tertiary/aromatic N) is 2. The molecule has 2 N–H and O–H groups in total. The summed E-state index contributed by atoms with van der Waals surface area (Å²) in [5.41, 5.74) is 2.79. The highest BCUT2D eigenvalue weighted by Gasteiger charge is 2.29. The van der Waals surface area contributed by atoms with Crippen molar-refractivity contribution in [2.75, 3.05) is 0 Å². The van der Waals surface area contributed by atoms with E-state index in [1.165, 1.54) is 18.3 Å². The number of nitrogens with one attached hydrogen (secondary N) is 2. The second-order valence-electron chi connectivity index (χ2n) is 6.24. The Bertz CT molecular complexity index is 740. The van der Waals surface area contributed by atoms with Gasteiger partial charge in [-0.05, 0) is 23.8 Å². The molecule has 1 aromatic heterocycles. The second kappa shape index (κ2) is 6.46. The van der Waals surface area contributed by atoms with Crippen LogP contribution in [0.3, 0.4) is 0 Å². The fourth-order valence-corrected chi connectivity index (χ4v) is 1.80. The molecule has 0 fully saturated rings. The Morgan fingerprint density at radius 1 is 1.21 bits per heavy atom. The lowest BCUT2D eigenvalue weighted by atomic mass is 9.92. The second-order valence-corrected chi connectivity index (χ2v) is 6.24. The summed E-state index contributed by atoms with van der Waals surface area (Å²) in [7, 11) is 0. The molecule has 0 unspecified atom stereocenters. The van der Waals surface area contributed by atoms with Crippen LogP contribution >= 0.6 is 0 Å². The van der Waals surface area contributed by atoms with E-state index in [1.54, 1.807) is 6.07 Å². The monoisotopic (exact) mass is 338 g/mol. The maximum atomic E-state index is 12.5. The van der Waals surface area contributed by atoms with Gasteiger partial charge in [-0.3, -0.25) is 9.89 Å². The van der Waals surface area contributed by atoms with Crippen molar-refractivity contribution in [3.8, 4) is 0 Å². The molecule has 0 aliphatic heterocycles. The number of H-pyrrole nitrogens is 1. The van der Waals surface area contributed by atoms with Crippen LogP contribution in [0.2, 0.25) is 0 Å². The van der Waals surface area contributed by atoms with E-state index in [4.69, 9.17) is 0 Å². The van der Waals surface area contributed by atoms with Crippen LogP contribution in [0.5, 0.6) is 0 Å². The van der Waals surface area contributed by atoms with Gasteiger partial charge in [0, 0.05) is 11.1 Å². The van der Waals surface area contributed by atoms with Crippen LogP contribution in [0.4, 0.5) is 13.2 Å². The highest BCUT2D eigenvalue weighted by molar-refractivity contribution is 5.93. The van der Waals surface area contributed by atoms with Gasteiger partial charge in [0.05, 0.1) is 11.8 Å². The minimum absolute atomic E-state index is 0.172. The van der Waals surface area contributed by atoms with E-state index in [-0.39, 0.29) is 11.1 Å². The molecule has 0 aliphatic carbocycles. The molecule has 8 heteroatoms. The third kappa shape index (κ3) is 4.43. The normalized spacial score (nSPS) is 12.6. The summed E-state index contributed by atoms with van der Waals surface area (Å²) < 4.78 is 37.4. The molecule has 2 aromatic rings. The number of halogens is 3. The first-order valence-corrected chi connectivity index (χ1v) is 7.14. The van der Waals surface area contributed by atoms with E-state index in [9.17, 15) is 18.0 Å².